The van der Waals surface area contributed by atoms with Gasteiger partial charge in [-0.05, 0) is 36.1 Å². The molecule has 1 heterocycles. The molecule has 4 heteroatoms. The Morgan fingerprint density at radius 3 is 2.12 bits per heavy atom. The highest BCUT2D eigenvalue weighted by molar-refractivity contribution is 5.70. The average molecular weight is 339 g/mol. The van der Waals surface area contributed by atoms with Gasteiger partial charge in [0.1, 0.15) is 6.54 Å². The number of anilines is 1. The lowest BCUT2D eigenvalue weighted by molar-refractivity contribution is -0.697. The zero-order valence-electron chi connectivity index (χ0n) is 15.1. The summed E-state index contributed by atoms with van der Waals surface area (Å²) >= 11 is 0. The van der Waals surface area contributed by atoms with Crippen LogP contribution in [0.1, 0.15) is 36.8 Å². The number of nitrogens with zero attached hydrogens (tertiary/aromatic N) is 2. The summed E-state index contributed by atoms with van der Waals surface area (Å²) in [7, 11) is 4.08. The van der Waals surface area contributed by atoms with Gasteiger partial charge < -0.3 is 10.0 Å². The molecule has 0 saturated heterocycles. The predicted molar refractivity (Wildman–Crippen MR) is 102 cm³/mol. The van der Waals surface area contributed by atoms with Crippen molar-refractivity contribution in [2.75, 3.05) is 19.0 Å². The van der Waals surface area contributed by atoms with Gasteiger partial charge in [0.25, 0.3) is 0 Å². The molecule has 132 valence electrons. The highest BCUT2D eigenvalue weighted by Crippen LogP contribution is 2.14. The van der Waals surface area contributed by atoms with Gasteiger partial charge in [0, 0.05) is 44.8 Å². The molecule has 0 unspecified atom stereocenters. The van der Waals surface area contributed by atoms with Crippen LogP contribution in [0, 0.1) is 0 Å². The Hall–Kier alpha value is -2.62. The van der Waals surface area contributed by atoms with Gasteiger partial charge in [-0.15, -0.1) is 0 Å². The Kier molecular flexibility index (Phi) is 7.20. The highest BCUT2D eigenvalue weighted by Gasteiger charge is 2.01. The smallest absolute Gasteiger partial charge is 0.303 e. The number of carboxylic acids is 1. The number of carboxylic acid groups (broad SMARTS) is 1. The Bertz CT molecular complexity index is 689. The second kappa shape index (κ2) is 9.62. The van der Waals surface area contributed by atoms with Gasteiger partial charge in [-0.3, -0.25) is 4.79 Å². The maximum Gasteiger partial charge on any atom is 0.303 e. The lowest BCUT2D eigenvalue weighted by Crippen LogP contribution is -2.32. The first kappa shape index (κ1) is 18.7. The van der Waals surface area contributed by atoms with Crippen molar-refractivity contribution in [1.29, 1.82) is 0 Å². The molecule has 0 bridgehead atoms. The van der Waals surface area contributed by atoms with Crippen LogP contribution in [0.2, 0.25) is 0 Å². The zero-order valence-corrected chi connectivity index (χ0v) is 15.1. The van der Waals surface area contributed by atoms with Crippen LogP contribution in [0.5, 0.6) is 0 Å². The normalized spacial score (nSPS) is 11.0. The van der Waals surface area contributed by atoms with Crippen LogP contribution in [-0.2, 0) is 11.3 Å². The van der Waals surface area contributed by atoms with E-state index in [9.17, 15) is 4.79 Å². The van der Waals surface area contributed by atoms with Crippen LogP contribution < -0.4 is 9.47 Å². The Morgan fingerprint density at radius 2 is 1.56 bits per heavy atom. The number of unbranched alkanes of at least 4 members (excludes halogenated alkanes) is 2. The minimum absolute atomic E-state index is 0.268. The van der Waals surface area contributed by atoms with E-state index in [4.69, 9.17) is 5.11 Å². The largest absolute Gasteiger partial charge is 0.481 e. The first-order valence-corrected chi connectivity index (χ1v) is 8.71. The highest BCUT2D eigenvalue weighted by atomic mass is 16.4. The van der Waals surface area contributed by atoms with E-state index in [1.807, 2.05) is 14.1 Å². The van der Waals surface area contributed by atoms with Crippen LogP contribution in [0.15, 0.2) is 48.8 Å². The molecule has 0 atom stereocenters. The zero-order chi connectivity index (χ0) is 18.1. The predicted octanol–water partition coefficient (Wildman–Crippen LogP) is 3.86. The molecule has 0 fully saturated rings. The van der Waals surface area contributed by atoms with Crippen LogP contribution in [-0.4, -0.2) is 25.2 Å². The van der Waals surface area contributed by atoms with Crippen molar-refractivity contribution in [3.05, 3.63) is 59.9 Å². The Morgan fingerprint density at radius 1 is 0.960 bits per heavy atom. The summed E-state index contributed by atoms with van der Waals surface area (Å²) in [5.41, 5.74) is 3.54. The monoisotopic (exact) mass is 339 g/mol. The van der Waals surface area contributed by atoms with Crippen molar-refractivity contribution in [2.24, 2.45) is 0 Å². The van der Waals surface area contributed by atoms with Crippen LogP contribution >= 0.6 is 0 Å². The summed E-state index contributed by atoms with van der Waals surface area (Å²) < 4.78 is 2.14. The summed E-state index contributed by atoms with van der Waals surface area (Å²) in [5, 5.41) is 8.62. The fourth-order valence-electron chi connectivity index (χ4n) is 2.55. The number of hydrogen-bond donors (Lipinski definition) is 1. The molecule has 0 saturated carbocycles. The second-order valence-electron chi connectivity index (χ2n) is 6.39. The molecule has 4 nitrogen and oxygen atoms in total. The molecule has 0 spiro atoms. The number of pyridine rings is 1. The maximum absolute atomic E-state index is 10.5. The Balaban J connectivity index is 1.82. The number of carbonyl (C=O) groups is 1. The number of aliphatic carboxylic acids is 1. The minimum atomic E-state index is -0.708. The molecule has 1 N–H and O–H groups in total. The SMILES string of the molecule is CN(C)c1ccc(C=Cc2cc[n+](CCCCCC(=O)O)cc2)cc1. The first-order valence-electron chi connectivity index (χ1n) is 8.71. The standard InChI is InChI=1S/C21H26N2O2/c1-22(2)20-11-9-18(10-12-20)7-8-19-13-16-23(17-14-19)15-5-3-4-6-21(24)25/h7-14,16-17H,3-6,15H2,1-2H3/p+1. The summed E-state index contributed by atoms with van der Waals surface area (Å²) in [6.07, 6.45) is 11.4. The quantitative estimate of drug-likeness (QED) is 0.557. The number of benzene rings is 1. The molecule has 25 heavy (non-hydrogen) atoms. The molecule has 0 aliphatic carbocycles. The van der Waals surface area contributed by atoms with Gasteiger partial charge in [-0.1, -0.05) is 24.3 Å². The van der Waals surface area contributed by atoms with Crippen molar-refractivity contribution in [1.82, 2.24) is 0 Å². The third-order valence-corrected chi connectivity index (χ3v) is 4.10. The fourth-order valence-corrected chi connectivity index (χ4v) is 2.55. The molecule has 0 radical (unpaired) electrons. The molecule has 0 amide bonds. The van der Waals surface area contributed by atoms with Gasteiger partial charge in [0.05, 0.1) is 0 Å². The van der Waals surface area contributed by atoms with Gasteiger partial charge in [-0.2, -0.15) is 0 Å². The first-order chi connectivity index (χ1) is 12.0. The third kappa shape index (κ3) is 6.79. The van der Waals surface area contributed by atoms with E-state index >= 15 is 0 Å². The molecule has 1 aromatic heterocycles. The minimum Gasteiger partial charge on any atom is -0.481 e. The van der Waals surface area contributed by atoms with Crippen molar-refractivity contribution in [3.8, 4) is 0 Å². The van der Waals surface area contributed by atoms with Crippen molar-refractivity contribution in [2.45, 2.75) is 32.2 Å². The third-order valence-electron chi connectivity index (χ3n) is 4.10. The number of aryl methyl sites for hydroxylation is 1. The molecule has 2 rings (SSSR count). The van der Waals surface area contributed by atoms with E-state index in [1.165, 1.54) is 16.8 Å². The van der Waals surface area contributed by atoms with Gasteiger partial charge in [-0.25, -0.2) is 4.57 Å². The average Bonchev–Trinajstić information content (AvgIpc) is 2.61. The van der Waals surface area contributed by atoms with Gasteiger partial charge >= 0.3 is 5.97 Å². The lowest BCUT2D eigenvalue weighted by Gasteiger charge is -2.11. The molecule has 2 aromatic rings. The number of hydrogen-bond acceptors (Lipinski definition) is 2. The lowest BCUT2D eigenvalue weighted by atomic mass is 10.1. The molecular weight excluding hydrogens is 312 g/mol. The maximum atomic E-state index is 10.5. The topological polar surface area (TPSA) is 44.4 Å². The van der Waals surface area contributed by atoms with Crippen LogP contribution in [0.25, 0.3) is 12.2 Å². The summed E-state index contributed by atoms with van der Waals surface area (Å²) in [6.45, 7) is 0.926. The van der Waals surface area contributed by atoms with E-state index < -0.39 is 5.97 Å². The van der Waals surface area contributed by atoms with Crippen LogP contribution in [0.4, 0.5) is 5.69 Å². The molecule has 0 aliphatic rings. The van der Waals surface area contributed by atoms with E-state index in [0.29, 0.717) is 0 Å². The number of rotatable bonds is 9. The number of aromatic nitrogens is 1. The van der Waals surface area contributed by atoms with E-state index in [1.54, 1.807) is 0 Å². The summed E-state index contributed by atoms with van der Waals surface area (Å²) in [4.78, 5) is 12.6. The summed E-state index contributed by atoms with van der Waals surface area (Å²) in [6, 6.07) is 12.7. The van der Waals surface area contributed by atoms with Gasteiger partial charge in [0.15, 0.2) is 12.4 Å². The second-order valence-corrected chi connectivity index (χ2v) is 6.39. The van der Waals surface area contributed by atoms with E-state index in [-0.39, 0.29) is 6.42 Å². The molecule has 1 aromatic carbocycles. The molecule has 0 aliphatic heterocycles. The van der Waals surface area contributed by atoms with E-state index in [2.05, 4.69) is 70.4 Å². The van der Waals surface area contributed by atoms with Crippen LogP contribution in [0.3, 0.4) is 0 Å². The fraction of sp³-hybridized carbons (Fsp3) is 0.333. The van der Waals surface area contributed by atoms with Gasteiger partial charge in [0.2, 0.25) is 0 Å². The Labute approximate surface area is 150 Å². The van der Waals surface area contributed by atoms with E-state index in [0.717, 1.165) is 25.8 Å². The van der Waals surface area contributed by atoms with Crippen molar-refractivity contribution in [3.63, 3.8) is 0 Å². The molecular formula is C21H27N2O2+. The van der Waals surface area contributed by atoms with Crippen molar-refractivity contribution >= 4 is 23.8 Å². The summed E-state index contributed by atoms with van der Waals surface area (Å²) in [5.74, 6) is -0.708. The van der Waals surface area contributed by atoms with Crippen molar-refractivity contribution < 1.29 is 14.5 Å².